The Kier molecular flexibility index (Phi) is 8.11. The summed E-state index contributed by atoms with van der Waals surface area (Å²) in [6.45, 7) is 8.01. The minimum atomic E-state index is -2.83. The fourth-order valence-electron chi connectivity index (χ4n) is 3.69. The van der Waals surface area contributed by atoms with E-state index in [-0.39, 0.29) is 30.2 Å². The molecular formula is C21H30ClN6O6P. The van der Waals surface area contributed by atoms with E-state index in [1.807, 2.05) is 0 Å². The van der Waals surface area contributed by atoms with Gasteiger partial charge in [0.05, 0.1) is 24.3 Å². The third-order valence-corrected chi connectivity index (χ3v) is 7.24. The number of terminal acetylenes is 1. The first-order chi connectivity index (χ1) is 16.3. The molecule has 12 nitrogen and oxygen atoms in total. The van der Waals surface area contributed by atoms with Crippen LogP contribution < -0.4 is 11.1 Å². The normalized spacial score (nSPS) is 24.4. The van der Waals surface area contributed by atoms with E-state index in [0.717, 1.165) is 0 Å². The molecule has 0 aliphatic carbocycles. The number of carbonyl (C=O) groups is 1. The summed E-state index contributed by atoms with van der Waals surface area (Å²) < 4.78 is 31.4. The zero-order valence-electron chi connectivity index (χ0n) is 20.1. The maximum Gasteiger partial charge on any atom is 0.323 e. The average Bonchev–Trinajstić information content (AvgIpc) is 3.32. The third-order valence-electron chi connectivity index (χ3n) is 5.50. The van der Waals surface area contributed by atoms with Crippen LogP contribution in [0.3, 0.4) is 0 Å². The van der Waals surface area contributed by atoms with Crippen molar-refractivity contribution in [3.8, 4) is 12.3 Å². The van der Waals surface area contributed by atoms with E-state index >= 15 is 0 Å². The number of aromatic nitrogens is 4. The molecule has 0 bridgehead atoms. The quantitative estimate of drug-likeness (QED) is 0.188. The molecule has 5 atom stereocenters. The van der Waals surface area contributed by atoms with Crippen LogP contribution in [0.15, 0.2) is 6.33 Å². The number of anilines is 1. The molecule has 0 amide bonds. The molecule has 0 radical (unpaired) electrons. The highest BCUT2D eigenvalue weighted by atomic mass is 35.5. The summed E-state index contributed by atoms with van der Waals surface area (Å²) in [6.07, 6.45) is 5.06. The molecule has 3 rings (SSSR count). The Morgan fingerprint density at radius 2 is 2.20 bits per heavy atom. The number of esters is 1. The predicted molar refractivity (Wildman–Crippen MR) is 130 cm³/mol. The lowest BCUT2D eigenvalue weighted by molar-refractivity contribution is -0.149. The SMILES string of the molecule is C#C[C@]1(CO[PH](=O)C(C)(C)N[C@H](C)C(=O)OC(C)C)O[C@@H](n2cnc3c(N)nc(Cl)nc32)C[C@@H]1O. The van der Waals surface area contributed by atoms with Crippen molar-refractivity contribution in [1.29, 1.82) is 0 Å². The number of rotatable bonds is 9. The lowest BCUT2D eigenvalue weighted by Gasteiger charge is -2.31. The van der Waals surface area contributed by atoms with Gasteiger partial charge in [-0.2, -0.15) is 9.97 Å². The van der Waals surface area contributed by atoms with E-state index < -0.39 is 43.3 Å². The molecule has 35 heavy (non-hydrogen) atoms. The van der Waals surface area contributed by atoms with Crippen molar-refractivity contribution in [2.24, 2.45) is 0 Å². The van der Waals surface area contributed by atoms with E-state index in [1.54, 1.807) is 34.6 Å². The number of imidazole rings is 1. The van der Waals surface area contributed by atoms with E-state index in [9.17, 15) is 14.5 Å². The Hall–Kier alpha value is -2.26. The zero-order chi connectivity index (χ0) is 26.1. The van der Waals surface area contributed by atoms with Crippen LogP contribution in [-0.4, -0.2) is 66.3 Å². The Bertz CT molecular complexity index is 1170. The maximum atomic E-state index is 13.0. The van der Waals surface area contributed by atoms with Crippen LogP contribution >= 0.6 is 19.6 Å². The van der Waals surface area contributed by atoms with Gasteiger partial charge in [0.2, 0.25) is 13.3 Å². The van der Waals surface area contributed by atoms with Gasteiger partial charge < -0.3 is 24.8 Å². The first kappa shape index (κ1) is 27.3. The molecule has 1 fully saturated rings. The lowest BCUT2D eigenvalue weighted by Crippen LogP contribution is -2.48. The molecule has 192 valence electrons. The molecule has 0 saturated carbocycles. The summed E-state index contributed by atoms with van der Waals surface area (Å²) in [5.74, 6) is 2.07. The van der Waals surface area contributed by atoms with Crippen molar-refractivity contribution in [2.75, 3.05) is 12.3 Å². The number of nitrogens with one attached hydrogen (secondary N) is 1. The van der Waals surface area contributed by atoms with Gasteiger partial charge in [-0.05, 0) is 46.2 Å². The van der Waals surface area contributed by atoms with Gasteiger partial charge in [0.15, 0.2) is 17.1 Å². The molecule has 1 aliphatic heterocycles. The molecular weight excluding hydrogens is 499 g/mol. The number of nitrogens with two attached hydrogens (primary N) is 1. The van der Waals surface area contributed by atoms with Crippen LogP contribution in [0.2, 0.25) is 5.28 Å². The summed E-state index contributed by atoms with van der Waals surface area (Å²) in [5.41, 5.74) is 4.91. The van der Waals surface area contributed by atoms with Crippen molar-refractivity contribution in [3.63, 3.8) is 0 Å². The number of ether oxygens (including phenoxy) is 2. The van der Waals surface area contributed by atoms with E-state index in [4.69, 9.17) is 37.8 Å². The second-order valence-electron chi connectivity index (χ2n) is 9.11. The minimum absolute atomic E-state index is 0.0679. The smallest absolute Gasteiger partial charge is 0.323 e. The highest BCUT2D eigenvalue weighted by Crippen LogP contribution is 2.43. The van der Waals surface area contributed by atoms with Crippen molar-refractivity contribution in [2.45, 2.75) is 76.4 Å². The molecule has 1 unspecified atom stereocenters. The molecule has 4 N–H and O–H groups in total. The summed E-state index contributed by atoms with van der Waals surface area (Å²) in [5, 5.41) is 12.6. The van der Waals surface area contributed by atoms with Crippen LogP contribution in [-0.2, 0) is 23.4 Å². The summed E-state index contributed by atoms with van der Waals surface area (Å²) in [4.78, 5) is 24.3. The average molecular weight is 529 g/mol. The fourth-order valence-corrected chi connectivity index (χ4v) is 4.90. The standard InChI is InChI=1S/C21H30ClN6O6P/c1-7-21(9-32-35(31)20(5,6)27-12(4)18(30)33-11(2)3)13(29)8-14(34-21)28-10-24-15-16(23)25-19(22)26-17(15)28/h1,10-14,27,29,35H,8-9H2,2-6H3,(H2,23,25,26)/t12-,13+,14-,21-/m1/s1. The second-order valence-corrected chi connectivity index (χ2v) is 11.6. The number of hydrogen-bond donors (Lipinski definition) is 3. The molecule has 1 saturated heterocycles. The predicted octanol–water partition coefficient (Wildman–Crippen LogP) is 1.87. The van der Waals surface area contributed by atoms with E-state index in [2.05, 4.69) is 26.2 Å². The van der Waals surface area contributed by atoms with Gasteiger partial charge in [0.25, 0.3) is 0 Å². The number of aliphatic hydroxyl groups is 1. The summed E-state index contributed by atoms with van der Waals surface area (Å²) in [7, 11) is -2.83. The Balaban J connectivity index is 1.71. The van der Waals surface area contributed by atoms with Gasteiger partial charge in [0, 0.05) is 6.42 Å². The maximum absolute atomic E-state index is 13.0. The monoisotopic (exact) mass is 528 g/mol. The molecule has 1 aliphatic rings. The minimum Gasteiger partial charge on any atom is -0.462 e. The van der Waals surface area contributed by atoms with Crippen LogP contribution in [0.25, 0.3) is 11.2 Å². The first-order valence-corrected chi connectivity index (χ1v) is 12.6. The van der Waals surface area contributed by atoms with Gasteiger partial charge in [-0.1, -0.05) is 5.92 Å². The van der Waals surface area contributed by atoms with Gasteiger partial charge in [-0.3, -0.25) is 19.2 Å². The molecule has 2 aromatic heterocycles. The van der Waals surface area contributed by atoms with Crippen molar-refractivity contribution in [3.05, 3.63) is 11.6 Å². The number of nitrogen functional groups attached to an aromatic ring is 1. The number of aliphatic hydroxyl groups excluding tert-OH is 1. The van der Waals surface area contributed by atoms with Crippen LogP contribution in [0.5, 0.6) is 0 Å². The number of halogens is 1. The van der Waals surface area contributed by atoms with Crippen molar-refractivity contribution >= 4 is 42.6 Å². The van der Waals surface area contributed by atoms with Crippen LogP contribution in [0, 0.1) is 12.3 Å². The number of nitrogens with zero attached hydrogens (tertiary/aromatic N) is 4. The Morgan fingerprint density at radius 3 is 2.83 bits per heavy atom. The number of carbonyl (C=O) groups excluding carboxylic acids is 1. The molecule has 3 heterocycles. The summed E-state index contributed by atoms with van der Waals surface area (Å²) >= 11 is 5.93. The molecule has 14 heteroatoms. The fraction of sp³-hybridized carbons (Fsp3) is 0.619. The van der Waals surface area contributed by atoms with Gasteiger partial charge in [-0.15, -0.1) is 6.42 Å². The van der Waals surface area contributed by atoms with Crippen LogP contribution in [0.1, 0.15) is 47.3 Å². The van der Waals surface area contributed by atoms with E-state index in [1.165, 1.54) is 10.9 Å². The Labute approximate surface area is 208 Å². The highest BCUT2D eigenvalue weighted by Gasteiger charge is 2.49. The van der Waals surface area contributed by atoms with Gasteiger partial charge in [-0.25, -0.2) is 4.98 Å². The van der Waals surface area contributed by atoms with Gasteiger partial charge in [0.1, 0.15) is 23.9 Å². The largest absolute Gasteiger partial charge is 0.462 e. The topological polar surface area (TPSA) is 164 Å². The van der Waals surface area contributed by atoms with Crippen LogP contribution in [0.4, 0.5) is 5.82 Å². The number of hydrogen-bond acceptors (Lipinski definition) is 11. The second kappa shape index (κ2) is 10.4. The Morgan fingerprint density at radius 1 is 1.51 bits per heavy atom. The highest BCUT2D eigenvalue weighted by molar-refractivity contribution is 7.41. The summed E-state index contributed by atoms with van der Waals surface area (Å²) in [6, 6.07) is -0.722. The zero-order valence-corrected chi connectivity index (χ0v) is 21.9. The molecule has 0 aromatic carbocycles. The first-order valence-electron chi connectivity index (χ1n) is 10.9. The lowest BCUT2D eigenvalue weighted by atomic mass is 9.99. The van der Waals surface area contributed by atoms with Gasteiger partial charge >= 0.3 is 5.97 Å². The van der Waals surface area contributed by atoms with E-state index in [0.29, 0.717) is 11.2 Å². The third kappa shape index (κ3) is 5.77. The number of fused-ring (bicyclic) bond motifs is 1. The van der Waals surface area contributed by atoms with Crippen molar-refractivity contribution in [1.82, 2.24) is 24.8 Å². The molecule has 2 aromatic rings. The molecule has 0 spiro atoms. The van der Waals surface area contributed by atoms with Crippen molar-refractivity contribution < 1.29 is 28.5 Å².